The van der Waals surface area contributed by atoms with Crippen molar-refractivity contribution >= 4 is 0 Å². The molecular weight excluding hydrogens is 192 g/mol. The molecule has 1 unspecified atom stereocenters. The van der Waals surface area contributed by atoms with Crippen molar-refractivity contribution in [3.8, 4) is 0 Å². The Hall–Kier alpha value is -0.160. The first-order valence-electron chi connectivity index (χ1n) is 5.33. The summed E-state index contributed by atoms with van der Waals surface area (Å²) in [5.74, 6) is 0. The maximum Gasteiger partial charge on any atom is 0.112 e. The van der Waals surface area contributed by atoms with Gasteiger partial charge in [-0.2, -0.15) is 0 Å². The Labute approximate surface area is 94.1 Å². The molecule has 0 aliphatic heterocycles. The van der Waals surface area contributed by atoms with E-state index >= 15 is 0 Å². The second-order valence-electron chi connectivity index (χ2n) is 4.78. The van der Waals surface area contributed by atoms with Gasteiger partial charge >= 0.3 is 0 Å². The average molecular weight is 218 g/mol. The highest BCUT2D eigenvalue weighted by atomic mass is 16.5. The van der Waals surface area contributed by atoms with E-state index in [1.54, 1.807) is 7.11 Å². The maximum atomic E-state index is 5.71. The summed E-state index contributed by atoms with van der Waals surface area (Å²) in [6.07, 6.45) is 1.09. The van der Waals surface area contributed by atoms with Crippen molar-refractivity contribution < 1.29 is 9.47 Å². The molecule has 0 N–H and O–H groups in total. The molecule has 4 nitrogen and oxygen atoms in total. The molecular formula is C11H26N2O2. The van der Waals surface area contributed by atoms with Gasteiger partial charge in [0.25, 0.3) is 0 Å². The van der Waals surface area contributed by atoms with Crippen LogP contribution in [0.25, 0.3) is 0 Å². The Kier molecular flexibility index (Phi) is 6.36. The minimum Gasteiger partial charge on any atom is -0.379 e. The maximum absolute atomic E-state index is 5.71. The zero-order chi connectivity index (χ0) is 12.1. The van der Waals surface area contributed by atoms with E-state index in [9.17, 15) is 0 Å². The van der Waals surface area contributed by atoms with Crippen LogP contribution >= 0.6 is 0 Å². The fraction of sp³-hybridized carbons (Fsp3) is 1.00. The monoisotopic (exact) mass is 218 g/mol. The molecule has 1 atom stereocenters. The van der Waals surface area contributed by atoms with Crippen LogP contribution in [0.4, 0.5) is 0 Å². The predicted molar refractivity (Wildman–Crippen MR) is 62.6 cm³/mol. The fourth-order valence-corrected chi connectivity index (χ4v) is 1.19. The molecule has 0 saturated heterocycles. The van der Waals surface area contributed by atoms with Gasteiger partial charge in [0.1, 0.15) is 6.73 Å². The molecule has 0 aromatic rings. The number of nitrogens with zero attached hydrogens (tertiary/aromatic N) is 2. The predicted octanol–water partition coefficient (Wildman–Crippen LogP) is 1.57. The van der Waals surface area contributed by atoms with Gasteiger partial charge in [-0.3, -0.25) is 0 Å². The molecule has 15 heavy (non-hydrogen) atoms. The summed E-state index contributed by atoms with van der Waals surface area (Å²) >= 11 is 0. The molecule has 0 aliphatic rings. The largest absolute Gasteiger partial charge is 0.379 e. The van der Waals surface area contributed by atoms with Crippen molar-refractivity contribution in [3.05, 3.63) is 0 Å². The van der Waals surface area contributed by atoms with Crippen LogP contribution in [0.3, 0.4) is 0 Å². The molecule has 0 aliphatic carbocycles. The summed E-state index contributed by atoms with van der Waals surface area (Å²) in [4.78, 5) is 0. The number of hydrazine groups is 1. The first-order valence-corrected chi connectivity index (χ1v) is 5.33. The molecule has 0 aromatic heterocycles. The lowest BCUT2D eigenvalue weighted by atomic mass is 10.0. The first kappa shape index (κ1) is 14.8. The molecule has 0 amide bonds. The van der Waals surface area contributed by atoms with Crippen LogP contribution in [0.2, 0.25) is 0 Å². The smallest absolute Gasteiger partial charge is 0.112 e. The van der Waals surface area contributed by atoms with E-state index in [4.69, 9.17) is 9.47 Å². The molecule has 0 bridgehead atoms. The molecule has 4 heteroatoms. The summed E-state index contributed by atoms with van der Waals surface area (Å²) < 4.78 is 11.1. The molecule has 0 radical (unpaired) electrons. The van der Waals surface area contributed by atoms with Crippen LogP contribution in [0.1, 0.15) is 27.2 Å². The second-order valence-corrected chi connectivity index (χ2v) is 4.78. The Morgan fingerprint density at radius 2 is 1.73 bits per heavy atom. The van der Waals surface area contributed by atoms with Gasteiger partial charge < -0.3 is 9.47 Å². The summed E-state index contributed by atoms with van der Waals surface area (Å²) in [5.41, 5.74) is -0.115. The Bertz CT molecular complexity index is 172. The highest BCUT2D eigenvalue weighted by Gasteiger charge is 2.20. The quantitative estimate of drug-likeness (QED) is 0.478. The Morgan fingerprint density at radius 1 is 1.20 bits per heavy atom. The third kappa shape index (κ3) is 6.84. The normalized spacial score (nSPS) is 15.0. The van der Waals surface area contributed by atoms with Gasteiger partial charge in [0, 0.05) is 34.7 Å². The van der Waals surface area contributed by atoms with Gasteiger partial charge in [0.05, 0.1) is 11.7 Å². The molecule has 0 rings (SSSR count). The van der Waals surface area contributed by atoms with E-state index in [1.165, 1.54) is 0 Å². The van der Waals surface area contributed by atoms with Crippen LogP contribution in [0, 0.1) is 0 Å². The zero-order valence-corrected chi connectivity index (χ0v) is 11.2. The van der Waals surface area contributed by atoms with E-state index in [0.29, 0.717) is 6.73 Å². The fourth-order valence-electron chi connectivity index (χ4n) is 1.19. The molecule has 0 spiro atoms. The lowest BCUT2D eigenvalue weighted by Crippen LogP contribution is -2.37. The summed E-state index contributed by atoms with van der Waals surface area (Å²) in [6.45, 7) is 6.82. The topological polar surface area (TPSA) is 24.9 Å². The van der Waals surface area contributed by atoms with Gasteiger partial charge in [-0.25, -0.2) is 10.0 Å². The third-order valence-electron chi connectivity index (χ3n) is 2.56. The highest BCUT2D eigenvalue weighted by molar-refractivity contribution is 4.71. The lowest BCUT2D eigenvalue weighted by Gasteiger charge is -2.29. The number of rotatable bonds is 7. The third-order valence-corrected chi connectivity index (χ3v) is 2.56. The minimum atomic E-state index is -0.115. The Morgan fingerprint density at radius 3 is 2.13 bits per heavy atom. The van der Waals surface area contributed by atoms with Gasteiger partial charge in [0.2, 0.25) is 0 Å². The van der Waals surface area contributed by atoms with Crippen LogP contribution < -0.4 is 0 Å². The van der Waals surface area contributed by atoms with E-state index < -0.39 is 0 Å². The van der Waals surface area contributed by atoms with Crippen LogP contribution in [-0.2, 0) is 9.47 Å². The van der Waals surface area contributed by atoms with Crippen molar-refractivity contribution in [1.82, 2.24) is 10.0 Å². The number of hydrogen-bond donors (Lipinski definition) is 0. The number of methoxy groups -OCH3 is 1. The summed E-state index contributed by atoms with van der Waals surface area (Å²) in [7, 11) is 7.72. The zero-order valence-electron chi connectivity index (χ0n) is 11.2. The summed E-state index contributed by atoms with van der Waals surface area (Å²) in [5, 5.41) is 4.00. The van der Waals surface area contributed by atoms with E-state index in [-0.39, 0.29) is 11.7 Å². The molecule has 0 saturated carbocycles. The molecule has 0 heterocycles. The highest BCUT2D eigenvalue weighted by Crippen LogP contribution is 2.17. The van der Waals surface area contributed by atoms with Crippen molar-refractivity contribution in [2.24, 2.45) is 0 Å². The van der Waals surface area contributed by atoms with Crippen molar-refractivity contribution in [1.29, 1.82) is 0 Å². The van der Waals surface area contributed by atoms with Gasteiger partial charge in [-0.15, -0.1) is 0 Å². The van der Waals surface area contributed by atoms with Crippen LogP contribution in [0.15, 0.2) is 0 Å². The standard InChI is InChI=1S/C11H26N2O2/c1-10(8-11(2,3)14-7)15-9-13(6)12(4)5/h10H,8-9H2,1-7H3. The van der Waals surface area contributed by atoms with E-state index in [2.05, 4.69) is 20.8 Å². The van der Waals surface area contributed by atoms with Crippen molar-refractivity contribution in [3.63, 3.8) is 0 Å². The minimum absolute atomic E-state index is 0.115. The van der Waals surface area contributed by atoms with Crippen molar-refractivity contribution in [2.75, 3.05) is 35.0 Å². The lowest BCUT2D eigenvalue weighted by molar-refractivity contribution is -0.104. The van der Waals surface area contributed by atoms with Crippen LogP contribution in [-0.4, -0.2) is 56.7 Å². The molecule has 92 valence electrons. The van der Waals surface area contributed by atoms with Crippen molar-refractivity contribution in [2.45, 2.75) is 38.9 Å². The molecule has 0 aromatic carbocycles. The van der Waals surface area contributed by atoms with Crippen LogP contribution in [0.5, 0.6) is 0 Å². The van der Waals surface area contributed by atoms with Gasteiger partial charge in [-0.1, -0.05) is 0 Å². The van der Waals surface area contributed by atoms with Gasteiger partial charge in [-0.05, 0) is 20.8 Å². The first-order chi connectivity index (χ1) is 6.78. The average Bonchev–Trinajstić information content (AvgIpc) is 2.13. The number of hydrogen-bond acceptors (Lipinski definition) is 4. The van der Waals surface area contributed by atoms with Gasteiger partial charge in [0.15, 0.2) is 0 Å². The second kappa shape index (κ2) is 6.43. The van der Waals surface area contributed by atoms with E-state index in [0.717, 1.165) is 6.42 Å². The SMILES string of the molecule is COC(C)(C)CC(C)OCN(C)N(C)C. The summed E-state index contributed by atoms with van der Waals surface area (Å²) in [6, 6.07) is 0. The number of ether oxygens (including phenoxy) is 2. The van der Waals surface area contributed by atoms with E-state index in [1.807, 2.05) is 31.2 Å². The Balaban J connectivity index is 3.80. The molecule has 0 fully saturated rings.